The monoisotopic (exact) mass is 352 g/mol. The van der Waals surface area contributed by atoms with Crippen molar-refractivity contribution in [3.63, 3.8) is 0 Å². The van der Waals surface area contributed by atoms with Gasteiger partial charge in [0.15, 0.2) is 0 Å². The molecule has 1 aliphatic heterocycles. The Morgan fingerprint density at radius 3 is 2.65 bits per heavy atom. The second-order valence-corrected chi connectivity index (χ2v) is 8.51. The molecule has 0 spiro atoms. The molecule has 0 N–H and O–H groups in total. The summed E-state index contributed by atoms with van der Waals surface area (Å²) < 4.78 is 0. The Bertz CT molecular complexity index is 660. The number of nitrogens with zero attached hydrogens (tertiary/aromatic N) is 2. The summed E-state index contributed by atoms with van der Waals surface area (Å²) in [5, 5.41) is 5.39. The third-order valence-corrected chi connectivity index (χ3v) is 6.86. The lowest BCUT2D eigenvalue weighted by atomic mass is 9.89. The molecule has 1 heterocycles. The van der Waals surface area contributed by atoms with Crippen LogP contribution in [0.5, 0.6) is 0 Å². The van der Waals surface area contributed by atoms with E-state index in [1.807, 2.05) is 31.0 Å². The second kappa shape index (κ2) is 5.37. The molecule has 23 heavy (non-hydrogen) atoms. The molecule has 3 nitrogen and oxygen atoms in total. The number of carbonyl (C=O) groups excluding carboxylic acids is 1. The third-order valence-electron chi connectivity index (χ3n) is 6.00. The van der Waals surface area contributed by atoms with Crippen LogP contribution in [0.15, 0.2) is 18.2 Å². The van der Waals surface area contributed by atoms with Crippen molar-refractivity contribution in [2.24, 2.45) is 11.8 Å². The van der Waals surface area contributed by atoms with Gasteiger partial charge >= 0.3 is 0 Å². The topological polar surface area (TPSA) is 23.6 Å². The van der Waals surface area contributed by atoms with Gasteiger partial charge in [-0.1, -0.05) is 41.8 Å². The minimum atomic E-state index is -0.465. The normalized spacial score (nSPS) is 32.4. The highest BCUT2D eigenvalue weighted by Crippen LogP contribution is 2.50. The van der Waals surface area contributed by atoms with Crippen molar-refractivity contribution in [1.82, 2.24) is 10.0 Å². The standard InChI is InChI=1S/C18H22Cl2N2O/c1-18(2)17(23)22(15-9-11-6-7-12(15)8-11)21(18)10-13-4-3-5-14(19)16(13)20/h3-5,11-12,15H,6-10H2,1-2H3. The van der Waals surface area contributed by atoms with Gasteiger partial charge in [-0.25, -0.2) is 0 Å². The zero-order valence-corrected chi connectivity index (χ0v) is 15.1. The van der Waals surface area contributed by atoms with E-state index < -0.39 is 5.54 Å². The number of fused-ring (bicyclic) bond motifs is 2. The summed E-state index contributed by atoms with van der Waals surface area (Å²) in [5.41, 5.74) is 0.515. The first-order valence-corrected chi connectivity index (χ1v) is 9.19. The maximum Gasteiger partial charge on any atom is 0.258 e. The summed E-state index contributed by atoms with van der Waals surface area (Å²) >= 11 is 12.5. The van der Waals surface area contributed by atoms with Gasteiger partial charge in [0, 0.05) is 6.54 Å². The fourth-order valence-corrected chi connectivity index (χ4v) is 5.05. The Hall–Kier alpha value is -0.770. The van der Waals surface area contributed by atoms with Gasteiger partial charge in [0.25, 0.3) is 5.91 Å². The maximum absolute atomic E-state index is 12.7. The Morgan fingerprint density at radius 1 is 1.22 bits per heavy atom. The summed E-state index contributed by atoms with van der Waals surface area (Å²) in [6.45, 7) is 4.63. The average Bonchev–Trinajstić information content (AvgIpc) is 3.13. The minimum absolute atomic E-state index is 0.244. The van der Waals surface area contributed by atoms with Crippen LogP contribution in [0.1, 0.15) is 45.1 Å². The lowest BCUT2D eigenvalue weighted by molar-refractivity contribution is -0.233. The van der Waals surface area contributed by atoms with E-state index in [-0.39, 0.29) is 5.91 Å². The molecular weight excluding hydrogens is 331 g/mol. The molecule has 2 bridgehead atoms. The van der Waals surface area contributed by atoms with Gasteiger partial charge in [0.05, 0.1) is 16.1 Å². The predicted molar refractivity (Wildman–Crippen MR) is 92.2 cm³/mol. The van der Waals surface area contributed by atoms with Crippen LogP contribution in [0.4, 0.5) is 0 Å². The number of hydrogen-bond donors (Lipinski definition) is 0. The number of halogens is 2. The number of amides is 1. The van der Waals surface area contributed by atoms with Crippen molar-refractivity contribution < 1.29 is 4.79 Å². The van der Waals surface area contributed by atoms with Gasteiger partial charge in [0.1, 0.15) is 5.54 Å². The Labute approximate surface area is 147 Å². The number of carbonyl (C=O) groups is 1. The van der Waals surface area contributed by atoms with E-state index in [0.717, 1.165) is 17.9 Å². The summed E-state index contributed by atoms with van der Waals surface area (Å²) in [7, 11) is 0. The number of rotatable bonds is 3. The number of hydrazine groups is 1. The van der Waals surface area contributed by atoms with Crippen LogP contribution in [0.3, 0.4) is 0 Å². The van der Waals surface area contributed by atoms with Crippen LogP contribution in [-0.2, 0) is 11.3 Å². The molecule has 3 atom stereocenters. The van der Waals surface area contributed by atoms with Gasteiger partial charge in [-0.15, -0.1) is 0 Å². The van der Waals surface area contributed by atoms with Gasteiger partial charge in [-0.2, -0.15) is 5.01 Å². The van der Waals surface area contributed by atoms with Crippen LogP contribution in [0.25, 0.3) is 0 Å². The Balaban J connectivity index is 1.60. The van der Waals surface area contributed by atoms with Crippen LogP contribution in [0.2, 0.25) is 10.0 Å². The summed E-state index contributed by atoms with van der Waals surface area (Å²) in [6.07, 6.45) is 5.06. The maximum atomic E-state index is 12.7. The number of benzene rings is 1. The van der Waals surface area contributed by atoms with Crippen molar-refractivity contribution >= 4 is 29.1 Å². The third kappa shape index (κ3) is 2.32. The largest absolute Gasteiger partial charge is 0.271 e. The molecule has 3 fully saturated rings. The van der Waals surface area contributed by atoms with E-state index in [4.69, 9.17) is 23.2 Å². The summed E-state index contributed by atoms with van der Waals surface area (Å²) in [6, 6.07) is 6.09. The van der Waals surface area contributed by atoms with E-state index in [9.17, 15) is 4.79 Å². The highest BCUT2D eigenvalue weighted by Gasteiger charge is 2.58. The molecule has 3 aliphatic rings. The van der Waals surface area contributed by atoms with Crippen molar-refractivity contribution in [2.45, 2.75) is 57.7 Å². The Morgan fingerprint density at radius 2 is 2.00 bits per heavy atom. The second-order valence-electron chi connectivity index (χ2n) is 7.72. The van der Waals surface area contributed by atoms with Crippen molar-refractivity contribution in [2.75, 3.05) is 0 Å². The van der Waals surface area contributed by atoms with Crippen molar-refractivity contribution in [3.8, 4) is 0 Å². The first-order valence-electron chi connectivity index (χ1n) is 8.43. The fraction of sp³-hybridized carbons (Fsp3) is 0.611. The highest BCUT2D eigenvalue weighted by molar-refractivity contribution is 6.42. The molecule has 1 aromatic rings. The average molecular weight is 353 g/mol. The molecular formula is C18H22Cl2N2O. The minimum Gasteiger partial charge on any atom is -0.271 e. The van der Waals surface area contributed by atoms with E-state index >= 15 is 0 Å². The zero-order valence-electron chi connectivity index (χ0n) is 13.6. The first kappa shape index (κ1) is 15.7. The molecule has 0 aromatic heterocycles. The molecule has 2 aliphatic carbocycles. The molecule has 0 radical (unpaired) electrons. The lowest BCUT2D eigenvalue weighted by Gasteiger charge is -2.59. The van der Waals surface area contributed by atoms with Gasteiger partial charge in [0.2, 0.25) is 0 Å². The van der Waals surface area contributed by atoms with E-state index in [1.165, 1.54) is 19.3 Å². The SMILES string of the molecule is CC1(C)C(=O)N(C2CC3CCC2C3)N1Cc1cccc(Cl)c1Cl. The summed E-state index contributed by atoms with van der Waals surface area (Å²) in [4.78, 5) is 12.7. The first-order chi connectivity index (χ1) is 10.9. The molecule has 2 saturated carbocycles. The number of hydrogen-bond acceptors (Lipinski definition) is 2. The van der Waals surface area contributed by atoms with Crippen LogP contribution >= 0.6 is 23.2 Å². The Kier molecular flexibility index (Phi) is 3.67. The molecule has 1 aromatic carbocycles. The van der Waals surface area contributed by atoms with Gasteiger partial charge < -0.3 is 0 Å². The molecule has 5 heteroatoms. The van der Waals surface area contributed by atoms with Crippen LogP contribution in [-0.4, -0.2) is 27.5 Å². The molecule has 4 rings (SSSR count). The van der Waals surface area contributed by atoms with Gasteiger partial charge in [-0.05, 0) is 56.6 Å². The van der Waals surface area contributed by atoms with E-state index in [1.54, 1.807) is 6.07 Å². The summed E-state index contributed by atoms with van der Waals surface area (Å²) in [5.74, 6) is 1.74. The van der Waals surface area contributed by atoms with Crippen molar-refractivity contribution in [3.05, 3.63) is 33.8 Å². The van der Waals surface area contributed by atoms with Gasteiger partial charge in [-0.3, -0.25) is 9.80 Å². The molecule has 124 valence electrons. The fourth-order valence-electron chi connectivity index (χ4n) is 4.67. The smallest absolute Gasteiger partial charge is 0.258 e. The molecule has 1 amide bonds. The molecule has 1 saturated heterocycles. The zero-order chi connectivity index (χ0) is 16.4. The highest BCUT2D eigenvalue weighted by atomic mass is 35.5. The predicted octanol–water partition coefficient (Wildman–Crippen LogP) is 4.52. The quantitative estimate of drug-likeness (QED) is 0.798. The van der Waals surface area contributed by atoms with Crippen LogP contribution < -0.4 is 0 Å². The lowest BCUT2D eigenvalue weighted by Crippen LogP contribution is -2.76. The van der Waals surface area contributed by atoms with E-state index in [2.05, 4.69) is 5.01 Å². The van der Waals surface area contributed by atoms with Crippen LogP contribution in [0, 0.1) is 11.8 Å². The molecule has 3 unspecified atom stereocenters. The van der Waals surface area contributed by atoms with E-state index in [0.29, 0.717) is 28.5 Å². The van der Waals surface area contributed by atoms with Crippen molar-refractivity contribution in [1.29, 1.82) is 0 Å².